The number of hydrogen-bond acceptors (Lipinski definition) is 2. The van der Waals surface area contributed by atoms with Gasteiger partial charge in [-0.3, -0.25) is 0 Å². The maximum absolute atomic E-state index is 10.3. The molecular formula is C44H26N4. The molecule has 0 spiro atoms. The van der Waals surface area contributed by atoms with Gasteiger partial charge in [-0.2, -0.15) is 10.5 Å². The zero-order chi connectivity index (χ0) is 32.2. The summed E-state index contributed by atoms with van der Waals surface area (Å²) >= 11 is 0. The number of aromatic nitrogens is 2. The lowest BCUT2D eigenvalue weighted by Crippen LogP contribution is -1.98. The van der Waals surface area contributed by atoms with Crippen molar-refractivity contribution in [3.8, 4) is 45.8 Å². The van der Waals surface area contributed by atoms with Crippen LogP contribution in [0.4, 0.5) is 0 Å². The van der Waals surface area contributed by atoms with Crippen molar-refractivity contribution in [2.75, 3.05) is 0 Å². The first-order chi connectivity index (χ1) is 23.7. The van der Waals surface area contributed by atoms with Crippen LogP contribution < -0.4 is 0 Å². The van der Waals surface area contributed by atoms with Gasteiger partial charge in [-0.25, -0.2) is 0 Å². The SMILES string of the molecule is N#Cc1ccc(-n2c3ccccc3c3cccc(C#N)c32)cc1-c1cccc(-c2ccccc2-n2c3ccccc3c3ccccc32)c1. The third kappa shape index (κ3) is 4.07. The monoisotopic (exact) mass is 610 g/mol. The van der Waals surface area contributed by atoms with E-state index >= 15 is 0 Å². The Morgan fingerprint density at radius 1 is 0.396 bits per heavy atom. The standard InChI is InChI=1S/C44H26N4/c45-27-31-23-24-33(47-41-20-6-4-17-37(41)38-18-10-13-32(28-46)44(38)47)26-39(31)30-12-9-11-29(25-30)34-14-1-5-19-40(34)48-42-21-7-2-15-35(42)36-16-3-8-22-43(36)48/h1-26H. The molecule has 0 saturated carbocycles. The Morgan fingerprint density at radius 3 is 1.62 bits per heavy atom. The lowest BCUT2D eigenvalue weighted by atomic mass is 9.95. The molecule has 0 N–H and O–H groups in total. The van der Waals surface area contributed by atoms with E-state index in [1.165, 1.54) is 10.8 Å². The number of nitrogens with zero attached hydrogens (tertiary/aromatic N) is 4. The Bertz CT molecular complexity index is 2760. The summed E-state index contributed by atoms with van der Waals surface area (Å²) in [5, 5.41) is 24.9. The second-order valence-corrected chi connectivity index (χ2v) is 12.0. The fourth-order valence-electron chi connectivity index (χ4n) is 7.33. The molecule has 0 aliphatic rings. The van der Waals surface area contributed by atoms with Crippen LogP contribution in [-0.2, 0) is 0 Å². The quantitative estimate of drug-likeness (QED) is 0.199. The molecule has 9 aromatic rings. The summed E-state index contributed by atoms with van der Waals surface area (Å²) in [6, 6.07) is 58.9. The highest BCUT2D eigenvalue weighted by atomic mass is 15.0. The van der Waals surface area contributed by atoms with Crippen molar-refractivity contribution in [2.24, 2.45) is 0 Å². The van der Waals surface area contributed by atoms with Crippen LogP contribution in [0.2, 0.25) is 0 Å². The van der Waals surface area contributed by atoms with Gasteiger partial charge in [-0.05, 0) is 65.7 Å². The summed E-state index contributed by atoms with van der Waals surface area (Å²) in [6.45, 7) is 0. The molecule has 2 aromatic heterocycles. The van der Waals surface area contributed by atoms with E-state index in [9.17, 15) is 10.5 Å². The van der Waals surface area contributed by atoms with Crippen LogP contribution >= 0.6 is 0 Å². The van der Waals surface area contributed by atoms with Crippen molar-refractivity contribution < 1.29 is 0 Å². The van der Waals surface area contributed by atoms with E-state index in [-0.39, 0.29) is 0 Å². The van der Waals surface area contributed by atoms with Gasteiger partial charge in [0, 0.05) is 38.4 Å². The normalized spacial score (nSPS) is 11.3. The fraction of sp³-hybridized carbons (Fsp3) is 0. The molecule has 0 aliphatic heterocycles. The predicted octanol–water partition coefficient (Wildman–Crippen LogP) is 11.0. The summed E-state index contributed by atoms with van der Waals surface area (Å²) in [5.41, 5.74) is 11.3. The van der Waals surface area contributed by atoms with E-state index in [0.29, 0.717) is 11.1 Å². The van der Waals surface area contributed by atoms with Crippen molar-refractivity contribution in [2.45, 2.75) is 0 Å². The van der Waals surface area contributed by atoms with Crippen LogP contribution in [0.1, 0.15) is 11.1 Å². The van der Waals surface area contributed by atoms with E-state index in [2.05, 4.69) is 143 Å². The Labute approximate surface area is 277 Å². The number of benzene rings is 7. The molecule has 0 unspecified atom stereocenters. The summed E-state index contributed by atoms with van der Waals surface area (Å²) in [5.74, 6) is 0. The van der Waals surface area contributed by atoms with Crippen LogP contribution in [0.3, 0.4) is 0 Å². The van der Waals surface area contributed by atoms with Crippen LogP contribution in [0.25, 0.3) is 77.2 Å². The van der Waals surface area contributed by atoms with Crippen LogP contribution in [0.15, 0.2) is 158 Å². The minimum Gasteiger partial charge on any atom is -0.309 e. The molecule has 0 amide bonds. The minimum atomic E-state index is 0.591. The lowest BCUT2D eigenvalue weighted by Gasteiger charge is -2.16. The number of hydrogen-bond donors (Lipinski definition) is 0. The molecule has 4 heteroatoms. The maximum Gasteiger partial charge on any atom is 0.101 e. The Kier molecular flexibility index (Phi) is 6.22. The fourth-order valence-corrected chi connectivity index (χ4v) is 7.33. The lowest BCUT2D eigenvalue weighted by molar-refractivity contribution is 1.17. The van der Waals surface area contributed by atoms with E-state index < -0.39 is 0 Å². The van der Waals surface area contributed by atoms with Gasteiger partial charge in [0.25, 0.3) is 0 Å². The molecule has 0 bridgehead atoms. The molecule has 0 atom stereocenters. The van der Waals surface area contributed by atoms with Gasteiger partial charge in [-0.1, -0.05) is 103 Å². The summed E-state index contributed by atoms with van der Waals surface area (Å²) in [7, 11) is 0. The number of nitriles is 2. The van der Waals surface area contributed by atoms with Crippen molar-refractivity contribution in [3.63, 3.8) is 0 Å². The van der Waals surface area contributed by atoms with E-state index in [4.69, 9.17) is 0 Å². The molecule has 48 heavy (non-hydrogen) atoms. The van der Waals surface area contributed by atoms with Gasteiger partial charge in [0.1, 0.15) is 6.07 Å². The van der Waals surface area contributed by atoms with E-state index in [0.717, 1.165) is 66.5 Å². The van der Waals surface area contributed by atoms with Crippen LogP contribution in [0.5, 0.6) is 0 Å². The third-order valence-electron chi connectivity index (χ3n) is 9.41. The zero-order valence-electron chi connectivity index (χ0n) is 25.8. The minimum absolute atomic E-state index is 0.591. The second kappa shape index (κ2) is 10.9. The molecule has 0 aliphatic carbocycles. The first kappa shape index (κ1) is 27.4. The summed E-state index contributed by atoms with van der Waals surface area (Å²) < 4.78 is 4.50. The first-order valence-electron chi connectivity index (χ1n) is 15.9. The zero-order valence-corrected chi connectivity index (χ0v) is 25.8. The molecule has 9 rings (SSSR count). The van der Waals surface area contributed by atoms with Gasteiger partial charge in [-0.15, -0.1) is 0 Å². The molecule has 4 nitrogen and oxygen atoms in total. The average molecular weight is 611 g/mol. The number of fused-ring (bicyclic) bond motifs is 6. The van der Waals surface area contributed by atoms with Gasteiger partial charge in [0.2, 0.25) is 0 Å². The topological polar surface area (TPSA) is 57.4 Å². The van der Waals surface area contributed by atoms with Crippen molar-refractivity contribution in [1.29, 1.82) is 10.5 Å². The van der Waals surface area contributed by atoms with Gasteiger partial charge >= 0.3 is 0 Å². The van der Waals surface area contributed by atoms with Crippen LogP contribution in [0, 0.1) is 22.7 Å². The van der Waals surface area contributed by atoms with Gasteiger partial charge < -0.3 is 9.13 Å². The maximum atomic E-state index is 10.3. The smallest absolute Gasteiger partial charge is 0.101 e. The highest BCUT2D eigenvalue weighted by molar-refractivity contribution is 6.11. The third-order valence-corrected chi connectivity index (χ3v) is 9.41. The van der Waals surface area contributed by atoms with Crippen LogP contribution in [-0.4, -0.2) is 9.13 Å². The number of rotatable bonds is 4. The molecule has 222 valence electrons. The largest absolute Gasteiger partial charge is 0.309 e. The van der Waals surface area contributed by atoms with Crippen molar-refractivity contribution in [1.82, 2.24) is 9.13 Å². The molecule has 2 heterocycles. The summed E-state index contributed by atoms with van der Waals surface area (Å²) in [6.07, 6.45) is 0. The second-order valence-electron chi connectivity index (χ2n) is 12.0. The highest BCUT2D eigenvalue weighted by Crippen LogP contribution is 2.39. The average Bonchev–Trinajstić information content (AvgIpc) is 3.68. The Morgan fingerprint density at radius 2 is 0.938 bits per heavy atom. The molecule has 0 saturated heterocycles. The highest BCUT2D eigenvalue weighted by Gasteiger charge is 2.18. The van der Waals surface area contributed by atoms with Gasteiger partial charge in [0.05, 0.1) is 45.0 Å². The Hall–Kier alpha value is -6.88. The van der Waals surface area contributed by atoms with Gasteiger partial charge in [0.15, 0.2) is 0 Å². The Balaban J connectivity index is 1.25. The van der Waals surface area contributed by atoms with E-state index in [1.807, 2.05) is 36.4 Å². The predicted molar refractivity (Wildman–Crippen MR) is 195 cm³/mol. The molecular weight excluding hydrogens is 585 g/mol. The van der Waals surface area contributed by atoms with Crippen molar-refractivity contribution >= 4 is 43.6 Å². The molecule has 7 aromatic carbocycles. The van der Waals surface area contributed by atoms with Crippen molar-refractivity contribution in [3.05, 3.63) is 169 Å². The molecule has 0 fully saturated rings. The van der Waals surface area contributed by atoms with E-state index in [1.54, 1.807) is 0 Å². The molecule has 0 radical (unpaired) electrons. The number of para-hydroxylation sites is 5. The first-order valence-corrected chi connectivity index (χ1v) is 15.9. The summed E-state index contributed by atoms with van der Waals surface area (Å²) in [4.78, 5) is 0.